The first-order valence-electron chi connectivity index (χ1n) is 26.0. The van der Waals surface area contributed by atoms with Crippen molar-refractivity contribution in [1.82, 2.24) is 35.3 Å². The Morgan fingerprint density at radius 1 is 0.667 bits per heavy atom. The maximum atomic E-state index is 14.6. The number of carbonyl (C=O) groups excluding carboxylic acids is 4. The van der Waals surface area contributed by atoms with E-state index in [-0.39, 0.29) is 67.8 Å². The Labute approximate surface area is 433 Å². The standard InChI is InChI=1S/C35H43FN4O6.C22H22FN3O3/c1-35(2,3)46-33(43)38-29(22-12-8-5-9-13-22)32(42)39-19-28(41)31-30(39)26(25-17-37-27-16-23(36)14-15-24(25)27)18-40(31)34(44)45-20-21-10-6-4-7-11-21;23-14-6-7-15-16(9-24-18(15)8-14)17-11-26(21-19(27)10-25-20(17)21)22(28)29-12-13-4-2-1-3-5-13/h4,6-7,10-11,14-17,22,26,28-31,37,41H,5,8-9,12-13,18-20H2,1-3H3,(H,38,43);1-9,17,19-21,24-25,27H,10-12H2/t26-,28-,29+,30-,31-;17-,19-,20-,21-/m11/s1. The fourth-order valence-electron chi connectivity index (χ4n) is 12.2. The van der Waals surface area contributed by atoms with Gasteiger partial charge in [0.1, 0.15) is 36.5 Å². The molecule has 6 N–H and O–H groups in total. The predicted octanol–water partition coefficient (Wildman–Crippen LogP) is 8.20. The van der Waals surface area contributed by atoms with Crippen molar-refractivity contribution in [2.45, 2.75) is 126 Å². The lowest BCUT2D eigenvalue weighted by Gasteiger charge is -2.36. The number of rotatable bonds is 9. The van der Waals surface area contributed by atoms with Gasteiger partial charge >= 0.3 is 18.3 Å². The van der Waals surface area contributed by atoms with Gasteiger partial charge in [0.25, 0.3) is 0 Å². The molecule has 1 saturated carbocycles. The van der Waals surface area contributed by atoms with E-state index in [1.54, 1.807) is 48.9 Å². The molecule has 5 aliphatic rings. The van der Waals surface area contributed by atoms with Crippen LogP contribution >= 0.6 is 0 Å². The molecule has 6 aromatic rings. The molecule has 0 unspecified atom stereocenters. The molecule has 75 heavy (non-hydrogen) atoms. The van der Waals surface area contributed by atoms with E-state index in [1.807, 2.05) is 66.9 Å². The predicted molar refractivity (Wildman–Crippen MR) is 275 cm³/mol. The van der Waals surface area contributed by atoms with Crippen molar-refractivity contribution < 1.29 is 52.4 Å². The minimum absolute atomic E-state index is 0.0106. The third-order valence-electron chi connectivity index (χ3n) is 15.5. The molecule has 11 rings (SSSR count). The van der Waals surface area contributed by atoms with Crippen LogP contribution in [-0.2, 0) is 32.2 Å². The van der Waals surface area contributed by atoms with E-state index < -0.39 is 60.1 Å². The Hall–Kier alpha value is -7.02. The number of fused-ring (bicyclic) bond motifs is 4. The van der Waals surface area contributed by atoms with Gasteiger partial charge in [-0.15, -0.1) is 0 Å². The fourth-order valence-corrected chi connectivity index (χ4v) is 12.2. The molecule has 1 aliphatic carbocycles. The molecular formula is C57H65F2N7O9. The van der Waals surface area contributed by atoms with Crippen molar-refractivity contribution in [2.24, 2.45) is 5.92 Å². The number of aliphatic hydroxyl groups excluding tert-OH is 2. The Balaban J connectivity index is 0.000000189. The van der Waals surface area contributed by atoms with Gasteiger partial charge in [-0.3, -0.25) is 9.69 Å². The van der Waals surface area contributed by atoms with Crippen LogP contribution in [0.3, 0.4) is 0 Å². The largest absolute Gasteiger partial charge is 0.445 e. The van der Waals surface area contributed by atoms with Crippen molar-refractivity contribution in [3.05, 3.63) is 143 Å². The van der Waals surface area contributed by atoms with Crippen molar-refractivity contribution in [2.75, 3.05) is 26.2 Å². The summed E-state index contributed by atoms with van der Waals surface area (Å²) >= 11 is 0. The third-order valence-corrected chi connectivity index (χ3v) is 15.5. The molecule has 2 aromatic heterocycles. The van der Waals surface area contributed by atoms with Gasteiger partial charge in [0.15, 0.2) is 0 Å². The zero-order valence-electron chi connectivity index (χ0n) is 42.3. The SMILES string of the molecule is CC(C)(C)OC(=O)N[C@H](C(=O)N1C[C@@H](O)[C@@H]2[C@H]1[C@@H](c1c[nH]c3cc(F)ccc13)CN2C(=O)OCc1ccccc1)C1CCCCC1.O=C(OCc1ccccc1)N1C[C@H](c2c[nH]c3cc(F)ccc23)[C@H]2NC[C@@H](O)[C@H]21. The second kappa shape index (κ2) is 21.7. The van der Waals surface area contributed by atoms with Gasteiger partial charge < -0.3 is 54.8 Å². The van der Waals surface area contributed by atoms with E-state index in [0.29, 0.717) is 18.6 Å². The monoisotopic (exact) mass is 1030 g/mol. The van der Waals surface area contributed by atoms with E-state index in [4.69, 9.17) is 14.2 Å². The summed E-state index contributed by atoms with van der Waals surface area (Å²) in [5.74, 6) is -1.51. The summed E-state index contributed by atoms with van der Waals surface area (Å²) in [6.45, 7) is 6.59. The molecule has 9 atom stereocenters. The number of benzene rings is 4. The maximum Gasteiger partial charge on any atom is 0.410 e. The summed E-state index contributed by atoms with van der Waals surface area (Å²) in [5.41, 5.74) is 4.14. The lowest BCUT2D eigenvalue weighted by molar-refractivity contribution is -0.136. The number of nitrogens with zero attached hydrogens (tertiary/aromatic N) is 3. The number of aromatic amines is 2. The van der Waals surface area contributed by atoms with Gasteiger partial charge in [0.2, 0.25) is 5.91 Å². The molecule has 0 radical (unpaired) electrons. The molecule has 5 fully saturated rings. The number of ether oxygens (including phenoxy) is 3. The fraction of sp³-hybridized carbons (Fsp3) is 0.439. The van der Waals surface area contributed by atoms with E-state index in [0.717, 1.165) is 70.6 Å². The van der Waals surface area contributed by atoms with E-state index in [2.05, 4.69) is 20.6 Å². The van der Waals surface area contributed by atoms with Crippen LogP contribution < -0.4 is 10.6 Å². The van der Waals surface area contributed by atoms with Gasteiger partial charge in [-0.1, -0.05) is 79.9 Å². The first-order valence-corrected chi connectivity index (χ1v) is 26.0. The van der Waals surface area contributed by atoms with Gasteiger partial charge in [-0.2, -0.15) is 0 Å². The highest BCUT2D eigenvalue weighted by atomic mass is 19.1. The highest BCUT2D eigenvalue weighted by Gasteiger charge is 2.58. The zero-order chi connectivity index (χ0) is 52.5. The molecule has 0 spiro atoms. The Bertz CT molecular complexity index is 3000. The Morgan fingerprint density at radius 2 is 1.20 bits per heavy atom. The number of hydrogen-bond acceptors (Lipinski definition) is 10. The van der Waals surface area contributed by atoms with Crippen LogP contribution in [0.4, 0.5) is 23.2 Å². The maximum absolute atomic E-state index is 14.6. The van der Waals surface area contributed by atoms with Crippen LogP contribution in [0.2, 0.25) is 0 Å². The molecule has 4 amide bonds. The van der Waals surface area contributed by atoms with Gasteiger partial charge in [0.05, 0.1) is 30.3 Å². The highest BCUT2D eigenvalue weighted by Crippen LogP contribution is 2.45. The lowest BCUT2D eigenvalue weighted by atomic mass is 9.83. The minimum atomic E-state index is -1.04. The number of alkyl carbamates (subject to hydrolysis) is 1. The van der Waals surface area contributed by atoms with Gasteiger partial charge in [0, 0.05) is 78.3 Å². The Kier molecular flexibility index (Phi) is 14.9. The topological polar surface area (TPSA) is 202 Å². The van der Waals surface area contributed by atoms with Crippen molar-refractivity contribution in [1.29, 1.82) is 0 Å². The normalized spacial score (nSPS) is 24.9. The van der Waals surface area contributed by atoms with Crippen LogP contribution in [-0.4, -0.2) is 133 Å². The molecule has 18 heteroatoms. The van der Waals surface area contributed by atoms with Crippen LogP contribution in [0.5, 0.6) is 0 Å². The number of β-amino-alcohol motifs (C(OH)–C–C–N with tert-alkyl or cyclic N) is 2. The number of hydrogen-bond donors (Lipinski definition) is 6. The molecule has 4 aromatic carbocycles. The number of H-pyrrole nitrogens is 2. The van der Waals surface area contributed by atoms with Crippen LogP contribution in [0.15, 0.2) is 109 Å². The van der Waals surface area contributed by atoms with Crippen molar-refractivity contribution in [3.8, 4) is 0 Å². The average molecular weight is 1030 g/mol. The quantitative estimate of drug-likeness (QED) is 0.0767. The highest BCUT2D eigenvalue weighted by molar-refractivity contribution is 5.89. The summed E-state index contributed by atoms with van der Waals surface area (Å²) in [6.07, 6.45) is 4.82. The number of amides is 4. The van der Waals surface area contributed by atoms with Gasteiger partial charge in [-0.05, 0) is 98.2 Å². The first kappa shape index (κ1) is 51.5. The first-order chi connectivity index (χ1) is 36.1. The molecule has 4 aliphatic heterocycles. The molecule has 4 saturated heterocycles. The summed E-state index contributed by atoms with van der Waals surface area (Å²) in [6, 6.07) is 25.4. The molecule has 6 heterocycles. The van der Waals surface area contributed by atoms with E-state index in [9.17, 15) is 38.2 Å². The van der Waals surface area contributed by atoms with Crippen LogP contribution in [0.1, 0.15) is 87.0 Å². The molecular weight excluding hydrogens is 965 g/mol. The summed E-state index contributed by atoms with van der Waals surface area (Å²) in [4.78, 5) is 65.1. The second-order valence-corrected chi connectivity index (χ2v) is 21.5. The second-order valence-electron chi connectivity index (χ2n) is 21.5. The molecule has 16 nitrogen and oxygen atoms in total. The summed E-state index contributed by atoms with van der Waals surface area (Å²) in [7, 11) is 0. The third kappa shape index (κ3) is 10.9. The average Bonchev–Trinajstić information content (AvgIpc) is 4.29. The van der Waals surface area contributed by atoms with Crippen LogP contribution in [0.25, 0.3) is 21.8 Å². The van der Waals surface area contributed by atoms with Crippen LogP contribution in [0, 0.1) is 17.6 Å². The molecule has 0 bridgehead atoms. The minimum Gasteiger partial charge on any atom is -0.445 e. The van der Waals surface area contributed by atoms with E-state index >= 15 is 0 Å². The molecule has 396 valence electrons. The summed E-state index contributed by atoms with van der Waals surface area (Å²) < 4.78 is 44.4. The van der Waals surface area contributed by atoms with Crippen molar-refractivity contribution in [3.63, 3.8) is 0 Å². The number of aliphatic hydroxyl groups is 2. The summed E-state index contributed by atoms with van der Waals surface area (Å²) in [5, 5.41) is 29.9. The van der Waals surface area contributed by atoms with E-state index in [1.165, 1.54) is 29.2 Å². The smallest absolute Gasteiger partial charge is 0.410 e. The lowest BCUT2D eigenvalue weighted by Crippen LogP contribution is -2.55. The zero-order valence-corrected chi connectivity index (χ0v) is 42.3. The Morgan fingerprint density at radius 3 is 1.76 bits per heavy atom. The van der Waals surface area contributed by atoms with Crippen molar-refractivity contribution >= 4 is 46.0 Å². The number of likely N-dealkylation sites (tertiary alicyclic amines) is 3. The number of carbonyl (C=O) groups is 4. The number of nitrogens with one attached hydrogen (secondary N) is 4. The number of aromatic nitrogens is 2. The van der Waals surface area contributed by atoms with Gasteiger partial charge in [-0.25, -0.2) is 23.2 Å². The number of halogens is 2.